The highest BCUT2D eigenvalue weighted by Gasteiger charge is 2.18. The van der Waals surface area contributed by atoms with Crippen LogP contribution in [0.2, 0.25) is 0 Å². The summed E-state index contributed by atoms with van der Waals surface area (Å²) in [5.41, 5.74) is 3.72. The molecule has 0 spiro atoms. The summed E-state index contributed by atoms with van der Waals surface area (Å²) in [7, 11) is 0. The number of aliphatic hydroxyl groups is 1. The molecule has 0 radical (unpaired) electrons. The Bertz CT molecular complexity index is 958. The molecule has 1 aliphatic heterocycles. The Morgan fingerprint density at radius 1 is 1.24 bits per heavy atom. The summed E-state index contributed by atoms with van der Waals surface area (Å²) in [6.07, 6.45) is 3.33. The number of nitrogens with zero attached hydrogens (tertiary/aromatic N) is 2. The van der Waals surface area contributed by atoms with E-state index in [4.69, 9.17) is 4.74 Å². The molecule has 29 heavy (non-hydrogen) atoms. The molecule has 150 valence electrons. The van der Waals surface area contributed by atoms with Gasteiger partial charge in [-0.2, -0.15) is 0 Å². The van der Waals surface area contributed by atoms with Gasteiger partial charge in [0.1, 0.15) is 24.2 Å². The van der Waals surface area contributed by atoms with Crippen LogP contribution in [0.15, 0.2) is 61.1 Å². The van der Waals surface area contributed by atoms with Crippen LogP contribution in [0.4, 0.5) is 5.69 Å². The third-order valence-corrected chi connectivity index (χ3v) is 4.96. The van der Waals surface area contributed by atoms with Crippen molar-refractivity contribution in [3.63, 3.8) is 0 Å². The Labute approximate surface area is 169 Å². The molecule has 2 aromatic carbocycles. The summed E-state index contributed by atoms with van der Waals surface area (Å²) in [5, 5.41) is 13.2. The second kappa shape index (κ2) is 8.89. The topological polar surface area (TPSA) is 90.5 Å². The normalized spacial score (nSPS) is 14.8. The van der Waals surface area contributed by atoms with E-state index in [2.05, 4.69) is 44.5 Å². The lowest BCUT2D eigenvalue weighted by molar-refractivity contribution is 0.0638. The van der Waals surface area contributed by atoms with Gasteiger partial charge < -0.3 is 20.1 Å². The molecule has 1 aliphatic rings. The van der Waals surface area contributed by atoms with Crippen LogP contribution >= 0.6 is 0 Å². The summed E-state index contributed by atoms with van der Waals surface area (Å²) in [5.74, 6) is 0.320. The van der Waals surface area contributed by atoms with Crippen LogP contribution in [0.1, 0.15) is 21.6 Å². The number of H-pyrrole nitrogens is 1. The number of imidazole rings is 1. The number of fused-ring (bicyclic) bond motifs is 1. The predicted octanol–water partition coefficient (Wildman–Crippen LogP) is 2.46. The van der Waals surface area contributed by atoms with Crippen molar-refractivity contribution >= 4 is 11.6 Å². The van der Waals surface area contributed by atoms with Gasteiger partial charge in [0, 0.05) is 31.4 Å². The molecular formula is C22H24N4O3. The number of carbonyl (C=O) groups excluding carboxylic acids is 1. The lowest BCUT2D eigenvalue weighted by Gasteiger charge is -2.30. The van der Waals surface area contributed by atoms with Crippen molar-refractivity contribution in [3.8, 4) is 5.75 Å². The number of hydrogen-bond acceptors (Lipinski definition) is 5. The van der Waals surface area contributed by atoms with Crippen molar-refractivity contribution in [2.24, 2.45) is 0 Å². The van der Waals surface area contributed by atoms with Crippen LogP contribution in [-0.2, 0) is 13.0 Å². The van der Waals surface area contributed by atoms with Gasteiger partial charge in [0.05, 0.1) is 12.5 Å². The van der Waals surface area contributed by atoms with Crippen LogP contribution < -0.4 is 10.1 Å². The average molecular weight is 392 g/mol. The summed E-state index contributed by atoms with van der Waals surface area (Å²) in [6.45, 7) is 2.53. The van der Waals surface area contributed by atoms with E-state index in [1.54, 1.807) is 24.3 Å². The number of β-amino-alcohol motifs (C(OH)–C–C–N with tert-alkyl or cyclic N) is 1. The van der Waals surface area contributed by atoms with Crippen molar-refractivity contribution in [2.45, 2.75) is 19.1 Å². The molecule has 0 saturated heterocycles. The zero-order chi connectivity index (χ0) is 20.1. The lowest BCUT2D eigenvalue weighted by Crippen LogP contribution is -2.38. The highest BCUT2D eigenvalue weighted by Crippen LogP contribution is 2.20. The van der Waals surface area contributed by atoms with E-state index in [0.717, 1.165) is 19.5 Å². The molecule has 0 aliphatic carbocycles. The Balaban J connectivity index is 1.27. The molecule has 0 saturated carbocycles. The van der Waals surface area contributed by atoms with E-state index in [1.807, 2.05) is 0 Å². The predicted molar refractivity (Wildman–Crippen MR) is 110 cm³/mol. The Hall–Kier alpha value is -3.16. The van der Waals surface area contributed by atoms with Crippen LogP contribution in [0, 0.1) is 0 Å². The number of nitrogens with one attached hydrogen (secondary N) is 2. The van der Waals surface area contributed by atoms with Crippen molar-refractivity contribution in [2.75, 3.05) is 25.0 Å². The number of anilines is 1. The zero-order valence-electron chi connectivity index (χ0n) is 16.0. The SMILES string of the molecule is O=C(Nc1cccc(OC[C@@H](O)CN2CCc3ccccc3C2)c1)c1cnc[nH]1. The zero-order valence-corrected chi connectivity index (χ0v) is 16.0. The second-order valence-electron chi connectivity index (χ2n) is 7.17. The fraction of sp³-hybridized carbons (Fsp3) is 0.273. The summed E-state index contributed by atoms with van der Waals surface area (Å²) in [4.78, 5) is 20.9. The highest BCUT2D eigenvalue weighted by atomic mass is 16.5. The van der Waals surface area contributed by atoms with Gasteiger partial charge in [0.25, 0.3) is 5.91 Å². The number of aromatic nitrogens is 2. The van der Waals surface area contributed by atoms with Gasteiger partial charge in [-0.25, -0.2) is 4.98 Å². The molecule has 0 fully saturated rings. The van der Waals surface area contributed by atoms with Crippen molar-refractivity contribution in [1.29, 1.82) is 0 Å². The third-order valence-electron chi connectivity index (χ3n) is 4.96. The second-order valence-corrected chi connectivity index (χ2v) is 7.17. The molecule has 7 heteroatoms. The number of amides is 1. The van der Waals surface area contributed by atoms with E-state index < -0.39 is 6.10 Å². The monoisotopic (exact) mass is 392 g/mol. The molecule has 0 unspecified atom stereocenters. The molecule has 1 amide bonds. The van der Waals surface area contributed by atoms with Crippen molar-refractivity contribution in [1.82, 2.24) is 14.9 Å². The van der Waals surface area contributed by atoms with Gasteiger partial charge in [-0.05, 0) is 29.7 Å². The number of carbonyl (C=O) groups is 1. The molecule has 0 bridgehead atoms. The van der Waals surface area contributed by atoms with E-state index in [9.17, 15) is 9.90 Å². The summed E-state index contributed by atoms with van der Waals surface area (Å²) in [6, 6.07) is 15.6. The smallest absolute Gasteiger partial charge is 0.273 e. The first-order valence-corrected chi connectivity index (χ1v) is 9.67. The minimum absolute atomic E-state index is 0.191. The number of aromatic amines is 1. The van der Waals surface area contributed by atoms with Gasteiger partial charge in [-0.15, -0.1) is 0 Å². The first kappa shape index (κ1) is 19.2. The maximum Gasteiger partial charge on any atom is 0.273 e. The van der Waals surface area contributed by atoms with Crippen molar-refractivity contribution < 1.29 is 14.6 Å². The molecule has 1 atom stereocenters. The van der Waals surface area contributed by atoms with Crippen LogP contribution in [0.25, 0.3) is 0 Å². The molecule has 7 nitrogen and oxygen atoms in total. The largest absolute Gasteiger partial charge is 0.491 e. The number of ether oxygens (including phenoxy) is 1. The van der Waals surface area contributed by atoms with Crippen molar-refractivity contribution in [3.05, 3.63) is 77.9 Å². The summed E-state index contributed by atoms with van der Waals surface area (Å²) < 4.78 is 5.74. The quantitative estimate of drug-likeness (QED) is 0.575. The van der Waals surface area contributed by atoms with Gasteiger partial charge in [-0.1, -0.05) is 30.3 Å². The highest BCUT2D eigenvalue weighted by molar-refractivity contribution is 6.02. The van der Waals surface area contributed by atoms with Gasteiger partial charge in [0.15, 0.2) is 0 Å². The van der Waals surface area contributed by atoms with Gasteiger partial charge >= 0.3 is 0 Å². The van der Waals surface area contributed by atoms with E-state index in [1.165, 1.54) is 23.7 Å². The first-order chi connectivity index (χ1) is 14.2. The fourth-order valence-corrected chi connectivity index (χ4v) is 3.50. The lowest BCUT2D eigenvalue weighted by atomic mass is 10.00. The molecule has 2 heterocycles. The number of rotatable bonds is 7. The minimum Gasteiger partial charge on any atom is -0.491 e. The van der Waals surface area contributed by atoms with Gasteiger partial charge in [-0.3, -0.25) is 9.69 Å². The van der Waals surface area contributed by atoms with E-state index in [-0.39, 0.29) is 12.5 Å². The van der Waals surface area contributed by atoms with Gasteiger partial charge in [0.2, 0.25) is 0 Å². The average Bonchev–Trinajstić information content (AvgIpc) is 3.28. The Morgan fingerprint density at radius 2 is 2.10 bits per heavy atom. The standard InChI is InChI=1S/C22H24N4O3/c27-19(13-26-9-8-16-4-1-2-5-17(16)12-26)14-29-20-7-3-6-18(10-20)25-22(28)21-11-23-15-24-21/h1-7,10-11,15,19,27H,8-9,12-14H2,(H,23,24)(H,25,28)/t19-/m0/s1. The number of aliphatic hydroxyl groups excluding tert-OH is 1. The molecule has 4 rings (SSSR count). The van der Waals surface area contributed by atoms with E-state index >= 15 is 0 Å². The van der Waals surface area contributed by atoms with Crippen LogP contribution in [0.5, 0.6) is 5.75 Å². The Morgan fingerprint density at radius 3 is 2.93 bits per heavy atom. The molecule has 3 N–H and O–H groups in total. The third kappa shape index (κ3) is 5.01. The molecule has 3 aromatic rings. The van der Waals surface area contributed by atoms with E-state index in [0.29, 0.717) is 23.7 Å². The molecular weight excluding hydrogens is 368 g/mol. The first-order valence-electron chi connectivity index (χ1n) is 9.67. The number of hydrogen-bond donors (Lipinski definition) is 3. The Kier molecular flexibility index (Phi) is 5.88. The van der Waals surface area contributed by atoms with Crippen LogP contribution in [-0.4, -0.2) is 51.7 Å². The maximum absolute atomic E-state index is 12.1. The number of benzene rings is 2. The van der Waals surface area contributed by atoms with Crippen LogP contribution in [0.3, 0.4) is 0 Å². The fourth-order valence-electron chi connectivity index (χ4n) is 3.50. The molecule has 1 aromatic heterocycles. The maximum atomic E-state index is 12.1. The minimum atomic E-state index is -0.594. The summed E-state index contributed by atoms with van der Waals surface area (Å²) >= 11 is 0.